The Morgan fingerprint density at radius 1 is 1.35 bits per heavy atom. The SMILES string of the molecule is Cl.NC(=O)[C@H](C[C@@H]1CCCNC1=O)NC(=O)[C@H]1NC[C@H]2[C@@H]1CCC2(F)F. The van der Waals surface area contributed by atoms with Crippen molar-refractivity contribution in [1.82, 2.24) is 16.0 Å². The Balaban J connectivity index is 0.00000243. The second-order valence-corrected chi connectivity index (χ2v) is 7.29. The van der Waals surface area contributed by atoms with E-state index in [2.05, 4.69) is 16.0 Å². The van der Waals surface area contributed by atoms with Gasteiger partial charge in [0.25, 0.3) is 5.92 Å². The van der Waals surface area contributed by atoms with Crippen LogP contribution >= 0.6 is 12.4 Å². The van der Waals surface area contributed by atoms with Gasteiger partial charge in [0.15, 0.2) is 0 Å². The summed E-state index contributed by atoms with van der Waals surface area (Å²) in [6.07, 6.45) is 1.62. The molecule has 0 aromatic heterocycles. The number of primary amides is 1. The molecule has 0 aromatic carbocycles. The number of piperidine rings is 1. The molecule has 26 heavy (non-hydrogen) atoms. The first-order valence-corrected chi connectivity index (χ1v) is 8.78. The van der Waals surface area contributed by atoms with E-state index in [1.54, 1.807) is 0 Å². The van der Waals surface area contributed by atoms with Crippen molar-refractivity contribution in [3.8, 4) is 0 Å². The van der Waals surface area contributed by atoms with Gasteiger partial charge in [-0.1, -0.05) is 0 Å². The van der Waals surface area contributed by atoms with Crippen molar-refractivity contribution in [2.45, 2.75) is 50.1 Å². The van der Waals surface area contributed by atoms with E-state index in [1.165, 1.54) is 0 Å². The predicted octanol–water partition coefficient (Wildman–Crippen LogP) is -0.0721. The Labute approximate surface area is 156 Å². The molecule has 10 heteroatoms. The monoisotopic (exact) mass is 394 g/mol. The number of alkyl halides is 2. The second kappa shape index (κ2) is 8.04. The molecule has 7 nitrogen and oxygen atoms in total. The molecule has 2 saturated heterocycles. The van der Waals surface area contributed by atoms with Crippen LogP contribution in [0.1, 0.15) is 32.1 Å². The van der Waals surface area contributed by atoms with Crippen molar-refractivity contribution in [2.75, 3.05) is 13.1 Å². The summed E-state index contributed by atoms with van der Waals surface area (Å²) in [5.41, 5.74) is 5.37. The molecule has 2 heterocycles. The highest BCUT2D eigenvalue weighted by Crippen LogP contribution is 2.48. The van der Waals surface area contributed by atoms with Gasteiger partial charge < -0.3 is 21.7 Å². The molecule has 0 radical (unpaired) electrons. The van der Waals surface area contributed by atoms with Crippen LogP contribution in [0.5, 0.6) is 0 Å². The average molecular weight is 395 g/mol. The molecule has 0 bridgehead atoms. The van der Waals surface area contributed by atoms with Gasteiger partial charge in [-0.25, -0.2) is 8.78 Å². The molecule has 0 aromatic rings. The fraction of sp³-hybridized carbons (Fsp3) is 0.812. The van der Waals surface area contributed by atoms with Crippen LogP contribution in [0, 0.1) is 17.8 Å². The van der Waals surface area contributed by atoms with Crippen LogP contribution in [0.3, 0.4) is 0 Å². The molecule has 5 atom stereocenters. The van der Waals surface area contributed by atoms with Crippen LogP contribution in [-0.4, -0.2) is 48.8 Å². The van der Waals surface area contributed by atoms with Gasteiger partial charge in [-0.05, 0) is 31.6 Å². The Hall–Kier alpha value is -1.48. The first-order valence-electron chi connectivity index (χ1n) is 8.78. The molecule has 5 N–H and O–H groups in total. The van der Waals surface area contributed by atoms with Gasteiger partial charge in [0.1, 0.15) is 6.04 Å². The number of carbonyl (C=O) groups excluding carboxylic acids is 3. The lowest BCUT2D eigenvalue weighted by atomic mass is 9.90. The first-order chi connectivity index (χ1) is 11.8. The van der Waals surface area contributed by atoms with Gasteiger partial charge in [-0.15, -0.1) is 12.4 Å². The van der Waals surface area contributed by atoms with Crippen LogP contribution in [0.2, 0.25) is 0 Å². The summed E-state index contributed by atoms with van der Waals surface area (Å²) in [4.78, 5) is 36.1. The smallest absolute Gasteiger partial charge is 0.252 e. The van der Waals surface area contributed by atoms with E-state index < -0.39 is 41.7 Å². The Bertz CT molecular complexity index is 578. The maximum Gasteiger partial charge on any atom is 0.252 e. The summed E-state index contributed by atoms with van der Waals surface area (Å²) in [6, 6.07) is -1.73. The van der Waals surface area contributed by atoms with E-state index in [4.69, 9.17) is 5.73 Å². The van der Waals surface area contributed by atoms with E-state index in [0.717, 1.165) is 6.42 Å². The number of carbonyl (C=O) groups is 3. The molecule has 3 amide bonds. The Morgan fingerprint density at radius 2 is 2.08 bits per heavy atom. The minimum atomic E-state index is -2.75. The van der Waals surface area contributed by atoms with Crippen LogP contribution < -0.4 is 21.7 Å². The van der Waals surface area contributed by atoms with Crippen molar-refractivity contribution in [3.05, 3.63) is 0 Å². The molecule has 148 valence electrons. The van der Waals surface area contributed by atoms with Crippen LogP contribution in [-0.2, 0) is 14.4 Å². The van der Waals surface area contributed by atoms with Gasteiger partial charge in [0, 0.05) is 31.3 Å². The fourth-order valence-corrected chi connectivity index (χ4v) is 4.30. The highest BCUT2D eigenvalue weighted by molar-refractivity contribution is 5.90. The van der Waals surface area contributed by atoms with Gasteiger partial charge in [-0.2, -0.15) is 0 Å². The molecule has 0 spiro atoms. The lowest BCUT2D eigenvalue weighted by molar-refractivity contribution is -0.131. The highest BCUT2D eigenvalue weighted by Gasteiger charge is 2.56. The summed E-state index contributed by atoms with van der Waals surface area (Å²) in [7, 11) is 0. The molecule has 2 aliphatic heterocycles. The molecule has 3 fully saturated rings. The van der Waals surface area contributed by atoms with Crippen molar-refractivity contribution >= 4 is 30.1 Å². The summed E-state index contributed by atoms with van der Waals surface area (Å²) in [5, 5.41) is 8.14. The lowest BCUT2D eigenvalue weighted by Crippen LogP contribution is -2.53. The number of nitrogens with one attached hydrogen (secondary N) is 3. The van der Waals surface area contributed by atoms with E-state index in [9.17, 15) is 23.2 Å². The zero-order valence-electron chi connectivity index (χ0n) is 14.3. The first kappa shape index (κ1) is 20.8. The van der Waals surface area contributed by atoms with Crippen molar-refractivity contribution in [3.63, 3.8) is 0 Å². The topological polar surface area (TPSA) is 113 Å². The van der Waals surface area contributed by atoms with Crippen LogP contribution in [0.15, 0.2) is 0 Å². The van der Waals surface area contributed by atoms with E-state index in [-0.39, 0.29) is 50.0 Å². The number of nitrogens with two attached hydrogens (primary N) is 1. The number of rotatable bonds is 5. The third-order valence-corrected chi connectivity index (χ3v) is 5.72. The maximum atomic E-state index is 13.8. The van der Waals surface area contributed by atoms with Gasteiger partial charge in [0.05, 0.1) is 6.04 Å². The minimum absolute atomic E-state index is 0. The third-order valence-electron chi connectivity index (χ3n) is 5.72. The zero-order valence-corrected chi connectivity index (χ0v) is 15.1. The standard InChI is InChI=1S/C16H24F2N4O3.ClH/c17-16(18)4-3-9-10(16)7-21-12(9)15(25)22-11(13(19)23)6-8-2-1-5-20-14(8)24;/h8-12,21H,1-7H2,(H2,19,23)(H,20,24)(H,22,25);1H/t8-,9-,10-,11-,12-;/m0./s1. The third kappa shape index (κ3) is 4.09. The van der Waals surface area contributed by atoms with Crippen molar-refractivity contribution in [2.24, 2.45) is 23.5 Å². The van der Waals surface area contributed by atoms with E-state index >= 15 is 0 Å². The van der Waals surface area contributed by atoms with Gasteiger partial charge >= 0.3 is 0 Å². The number of halogens is 3. The van der Waals surface area contributed by atoms with Crippen LogP contribution in [0.25, 0.3) is 0 Å². The normalized spacial score (nSPS) is 33.5. The molecule has 3 rings (SSSR count). The quantitative estimate of drug-likeness (QED) is 0.522. The number of amides is 3. The fourth-order valence-electron chi connectivity index (χ4n) is 4.30. The molecular formula is C16H25ClF2N4O3. The Morgan fingerprint density at radius 3 is 2.73 bits per heavy atom. The highest BCUT2D eigenvalue weighted by atomic mass is 35.5. The minimum Gasteiger partial charge on any atom is -0.368 e. The summed E-state index contributed by atoms with van der Waals surface area (Å²) < 4.78 is 27.6. The predicted molar refractivity (Wildman–Crippen MR) is 91.7 cm³/mol. The van der Waals surface area contributed by atoms with E-state index in [1.807, 2.05) is 0 Å². The van der Waals surface area contributed by atoms with E-state index in [0.29, 0.717) is 13.0 Å². The number of fused-ring (bicyclic) bond motifs is 1. The number of hydrogen-bond acceptors (Lipinski definition) is 4. The molecule has 1 saturated carbocycles. The van der Waals surface area contributed by atoms with Crippen molar-refractivity contribution < 1.29 is 23.2 Å². The lowest BCUT2D eigenvalue weighted by Gasteiger charge is -2.26. The molecule has 3 aliphatic rings. The summed E-state index contributed by atoms with van der Waals surface area (Å²) in [5.74, 6) is -5.80. The maximum absolute atomic E-state index is 13.8. The second-order valence-electron chi connectivity index (χ2n) is 7.29. The summed E-state index contributed by atoms with van der Waals surface area (Å²) >= 11 is 0. The zero-order chi connectivity index (χ0) is 18.2. The van der Waals surface area contributed by atoms with Gasteiger partial charge in [-0.3, -0.25) is 14.4 Å². The number of hydrogen-bond donors (Lipinski definition) is 4. The average Bonchev–Trinajstić information content (AvgIpc) is 3.10. The van der Waals surface area contributed by atoms with Crippen molar-refractivity contribution in [1.29, 1.82) is 0 Å². The van der Waals surface area contributed by atoms with Crippen LogP contribution in [0.4, 0.5) is 8.78 Å². The Kier molecular flexibility index (Phi) is 6.44. The molecular weight excluding hydrogens is 370 g/mol. The summed E-state index contributed by atoms with van der Waals surface area (Å²) in [6.45, 7) is 0.689. The largest absolute Gasteiger partial charge is 0.368 e. The molecule has 1 aliphatic carbocycles. The molecule has 0 unspecified atom stereocenters. The van der Waals surface area contributed by atoms with Gasteiger partial charge in [0.2, 0.25) is 17.7 Å².